The van der Waals surface area contributed by atoms with Crippen LogP contribution in [0.1, 0.15) is 26.3 Å². The van der Waals surface area contributed by atoms with Crippen molar-refractivity contribution < 1.29 is 14.3 Å². The van der Waals surface area contributed by atoms with E-state index in [1.54, 1.807) is 0 Å². The topological polar surface area (TPSA) is 50.8 Å². The van der Waals surface area contributed by atoms with Crippen molar-refractivity contribution in [2.45, 2.75) is 45.9 Å². The van der Waals surface area contributed by atoms with Crippen LogP contribution in [0.15, 0.2) is 24.3 Å². The number of aryl methyl sites for hydroxylation is 1. The van der Waals surface area contributed by atoms with Crippen LogP contribution in [0, 0.1) is 6.92 Å². The van der Waals surface area contributed by atoms with Gasteiger partial charge in [0.1, 0.15) is 12.4 Å². The fourth-order valence-electron chi connectivity index (χ4n) is 2.90. The maximum absolute atomic E-state index is 12.3. The molecular formula is C18H28N2O3. The molecule has 23 heavy (non-hydrogen) atoms. The minimum atomic E-state index is -0.150. The molecule has 3 atom stereocenters. The maximum atomic E-state index is 12.3. The summed E-state index contributed by atoms with van der Waals surface area (Å²) in [6.07, 6.45) is 0.331. The van der Waals surface area contributed by atoms with E-state index >= 15 is 0 Å². The number of ether oxygens (including phenoxy) is 2. The quantitative estimate of drug-likeness (QED) is 0.815. The lowest BCUT2D eigenvalue weighted by Crippen LogP contribution is -2.54. The summed E-state index contributed by atoms with van der Waals surface area (Å²) < 4.78 is 11.4. The molecule has 2 rings (SSSR count). The van der Waals surface area contributed by atoms with Crippen LogP contribution < -0.4 is 10.1 Å². The number of carbonyl (C=O) groups is 1. The van der Waals surface area contributed by atoms with E-state index in [0.29, 0.717) is 13.2 Å². The third-order valence-corrected chi connectivity index (χ3v) is 4.03. The Kier molecular flexibility index (Phi) is 6.42. The van der Waals surface area contributed by atoms with Gasteiger partial charge in [0.25, 0.3) is 0 Å². The highest BCUT2D eigenvalue weighted by atomic mass is 16.5. The van der Waals surface area contributed by atoms with Gasteiger partial charge in [-0.05, 0) is 45.4 Å². The molecule has 1 saturated heterocycles. The number of amides is 1. The zero-order valence-corrected chi connectivity index (χ0v) is 14.5. The molecule has 1 N–H and O–H groups in total. The molecule has 1 aromatic carbocycles. The van der Waals surface area contributed by atoms with Crippen molar-refractivity contribution in [3.63, 3.8) is 0 Å². The van der Waals surface area contributed by atoms with E-state index in [-0.39, 0.29) is 24.2 Å². The van der Waals surface area contributed by atoms with Crippen molar-refractivity contribution in [2.24, 2.45) is 0 Å². The largest absolute Gasteiger partial charge is 0.492 e. The van der Waals surface area contributed by atoms with Gasteiger partial charge in [0, 0.05) is 13.1 Å². The molecule has 0 aliphatic carbocycles. The Morgan fingerprint density at radius 3 is 2.74 bits per heavy atom. The molecule has 0 aromatic heterocycles. The van der Waals surface area contributed by atoms with Crippen molar-refractivity contribution >= 4 is 5.91 Å². The molecule has 1 aromatic rings. The summed E-state index contributed by atoms with van der Waals surface area (Å²) in [4.78, 5) is 14.4. The Labute approximate surface area is 139 Å². The molecule has 0 radical (unpaired) electrons. The SMILES string of the molecule is Cc1cccc(OCCNC(=O)[C@@H](C)N2C[C@@H](C)O[C@@H](C)C2)c1. The van der Waals surface area contributed by atoms with Gasteiger partial charge in [-0.15, -0.1) is 0 Å². The number of hydrogen-bond acceptors (Lipinski definition) is 4. The number of nitrogens with zero attached hydrogens (tertiary/aromatic N) is 1. The molecule has 1 aliphatic rings. The third kappa shape index (κ3) is 5.52. The van der Waals surface area contributed by atoms with Gasteiger partial charge in [-0.1, -0.05) is 12.1 Å². The smallest absolute Gasteiger partial charge is 0.237 e. The number of rotatable bonds is 6. The van der Waals surface area contributed by atoms with Gasteiger partial charge >= 0.3 is 0 Å². The van der Waals surface area contributed by atoms with Gasteiger partial charge in [0.2, 0.25) is 5.91 Å². The summed E-state index contributed by atoms with van der Waals surface area (Å²) in [5.74, 6) is 0.877. The van der Waals surface area contributed by atoms with Gasteiger partial charge in [-0.25, -0.2) is 0 Å². The summed E-state index contributed by atoms with van der Waals surface area (Å²) in [7, 11) is 0. The summed E-state index contributed by atoms with van der Waals surface area (Å²) >= 11 is 0. The normalized spacial score (nSPS) is 23.3. The summed E-state index contributed by atoms with van der Waals surface area (Å²) in [6.45, 7) is 10.6. The molecule has 1 aliphatic heterocycles. The number of carbonyl (C=O) groups excluding carboxylic acids is 1. The van der Waals surface area contributed by atoms with Crippen molar-refractivity contribution in [2.75, 3.05) is 26.2 Å². The standard InChI is InChI=1S/C18H28N2O3/c1-13-6-5-7-17(10-13)22-9-8-19-18(21)16(4)20-11-14(2)23-15(3)12-20/h5-7,10,14-16H,8-9,11-12H2,1-4H3,(H,19,21)/t14-,15+,16-/m1/s1. The van der Waals surface area contributed by atoms with Crippen molar-refractivity contribution in [1.29, 1.82) is 0 Å². The fourth-order valence-corrected chi connectivity index (χ4v) is 2.90. The number of hydrogen-bond donors (Lipinski definition) is 1. The summed E-state index contributed by atoms with van der Waals surface area (Å²) in [5, 5.41) is 2.95. The maximum Gasteiger partial charge on any atom is 0.237 e. The minimum Gasteiger partial charge on any atom is -0.492 e. The van der Waals surface area contributed by atoms with Crippen LogP contribution >= 0.6 is 0 Å². The van der Waals surface area contributed by atoms with Crippen molar-refractivity contribution in [1.82, 2.24) is 10.2 Å². The monoisotopic (exact) mass is 320 g/mol. The highest BCUT2D eigenvalue weighted by Gasteiger charge is 2.28. The molecular weight excluding hydrogens is 292 g/mol. The molecule has 0 bridgehead atoms. The predicted octanol–water partition coefficient (Wildman–Crippen LogP) is 1.99. The third-order valence-electron chi connectivity index (χ3n) is 4.03. The number of nitrogens with one attached hydrogen (secondary N) is 1. The zero-order chi connectivity index (χ0) is 16.8. The van der Waals surface area contributed by atoms with Crippen LogP contribution in [-0.2, 0) is 9.53 Å². The van der Waals surface area contributed by atoms with Crippen LogP contribution in [0.4, 0.5) is 0 Å². The Balaban J connectivity index is 1.71. The van der Waals surface area contributed by atoms with Gasteiger partial charge in [-0.2, -0.15) is 0 Å². The van der Waals surface area contributed by atoms with Crippen LogP contribution in [0.2, 0.25) is 0 Å². The van der Waals surface area contributed by atoms with Crippen molar-refractivity contribution in [3.05, 3.63) is 29.8 Å². The minimum absolute atomic E-state index is 0.0409. The first kappa shape index (κ1) is 17.8. The number of morpholine rings is 1. The van der Waals surface area contributed by atoms with Crippen molar-refractivity contribution in [3.8, 4) is 5.75 Å². The molecule has 1 amide bonds. The van der Waals surface area contributed by atoms with E-state index in [1.165, 1.54) is 0 Å². The average Bonchev–Trinajstić information content (AvgIpc) is 2.49. The van der Waals surface area contributed by atoms with E-state index < -0.39 is 0 Å². The molecule has 0 spiro atoms. The second-order valence-corrected chi connectivity index (χ2v) is 6.34. The van der Waals surface area contributed by atoms with Gasteiger partial charge in [0.15, 0.2) is 0 Å². The first-order valence-corrected chi connectivity index (χ1v) is 8.32. The second-order valence-electron chi connectivity index (χ2n) is 6.34. The molecule has 1 heterocycles. The lowest BCUT2D eigenvalue weighted by Gasteiger charge is -2.38. The fraction of sp³-hybridized carbons (Fsp3) is 0.611. The van der Waals surface area contributed by atoms with Gasteiger partial charge < -0.3 is 14.8 Å². The Bertz CT molecular complexity index is 511. The van der Waals surface area contributed by atoms with E-state index in [2.05, 4.69) is 10.2 Å². The van der Waals surface area contributed by atoms with Gasteiger partial charge in [-0.3, -0.25) is 9.69 Å². The molecule has 0 saturated carbocycles. The second kappa shape index (κ2) is 8.31. The zero-order valence-electron chi connectivity index (χ0n) is 14.5. The molecule has 5 heteroatoms. The Hall–Kier alpha value is -1.59. The van der Waals surface area contributed by atoms with E-state index in [9.17, 15) is 4.79 Å². The predicted molar refractivity (Wildman–Crippen MR) is 90.7 cm³/mol. The van der Waals surface area contributed by atoms with E-state index in [1.807, 2.05) is 52.0 Å². The molecule has 0 unspecified atom stereocenters. The van der Waals surface area contributed by atoms with Crippen LogP contribution in [0.5, 0.6) is 5.75 Å². The Morgan fingerprint density at radius 1 is 1.39 bits per heavy atom. The van der Waals surface area contributed by atoms with E-state index in [0.717, 1.165) is 24.4 Å². The van der Waals surface area contributed by atoms with E-state index in [4.69, 9.17) is 9.47 Å². The molecule has 5 nitrogen and oxygen atoms in total. The number of benzene rings is 1. The van der Waals surface area contributed by atoms with Crippen LogP contribution in [0.3, 0.4) is 0 Å². The van der Waals surface area contributed by atoms with Gasteiger partial charge in [0.05, 0.1) is 24.8 Å². The highest BCUT2D eigenvalue weighted by molar-refractivity contribution is 5.81. The Morgan fingerprint density at radius 2 is 2.09 bits per heavy atom. The van der Waals surface area contributed by atoms with Crippen LogP contribution in [0.25, 0.3) is 0 Å². The lowest BCUT2D eigenvalue weighted by molar-refractivity contribution is -0.131. The summed E-state index contributed by atoms with van der Waals surface area (Å²) in [5.41, 5.74) is 1.16. The lowest BCUT2D eigenvalue weighted by atomic mass is 10.1. The molecule has 128 valence electrons. The summed E-state index contributed by atoms with van der Waals surface area (Å²) in [6, 6.07) is 7.75. The molecule has 1 fully saturated rings. The first-order valence-electron chi connectivity index (χ1n) is 8.32. The highest BCUT2D eigenvalue weighted by Crippen LogP contribution is 2.14. The van der Waals surface area contributed by atoms with Crippen LogP contribution in [-0.4, -0.2) is 55.3 Å². The average molecular weight is 320 g/mol. The first-order chi connectivity index (χ1) is 11.0.